The number of anilines is 1. The van der Waals surface area contributed by atoms with Gasteiger partial charge >= 0.3 is 0 Å². The number of pyridine rings is 1. The van der Waals surface area contributed by atoms with Crippen LogP contribution in [-0.2, 0) is 0 Å². The van der Waals surface area contributed by atoms with Crippen molar-refractivity contribution < 1.29 is 19.5 Å². The molecule has 2 aliphatic rings. The van der Waals surface area contributed by atoms with Crippen molar-refractivity contribution in [2.24, 2.45) is 0 Å². The van der Waals surface area contributed by atoms with Crippen LogP contribution in [0, 0.1) is 0 Å². The van der Waals surface area contributed by atoms with Gasteiger partial charge in [0.15, 0.2) is 19.1 Å². The van der Waals surface area contributed by atoms with Gasteiger partial charge in [-0.05, 0) is 12.1 Å². The van der Waals surface area contributed by atoms with Crippen molar-refractivity contribution in [2.45, 2.75) is 0 Å². The standard InChI is InChI=1S/C18H18N4O2/c23-17-15-3-1-2-4-16(15)18(24)22(17)13-20-9-11-21(12-10-20)14-5-7-19-8-6-14/h1-8H,9-13H2/p+2. The first kappa shape index (κ1) is 14.8. The minimum absolute atomic E-state index is 0.163. The molecule has 6 nitrogen and oxygen atoms in total. The molecule has 24 heavy (non-hydrogen) atoms. The number of aromatic amines is 1. The Labute approximate surface area is 140 Å². The lowest BCUT2D eigenvalue weighted by atomic mass is 10.1. The number of H-pyrrole nitrogens is 1. The second-order valence-corrected chi connectivity index (χ2v) is 6.24. The summed E-state index contributed by atoms with van der Waals surface area (Å²) in [6.45, 7) is 4.10. The van der Waals surface area contributed by atoms with Crippen LogP contribution in [0.1, 0.15) is 20.7 Å². The highest BCUT2D eigenvalue weighted by molar-refractivity contribution is 6.21. The highest BCUT2D eigenvalue weighted by atomic mass is 16.2. The Kier molecular flexibility index (Phi) is 3.74. The summed E-state index contributed by atoms with van der Waals surface area (Å²) in [4.78, 5) is 32.9. The molecule has 122 valence electrons. The maximum Gasteiger partial charge on any atom is 0.265 e. The third-order valence-electron chi connectivity index (χ3n) is 4.80. The summed E-state index contributed by atoms with van der Waals surface area (Å²) in [6, 6.07) is 11.2. The first-order valence-electron chi connectivity index (χ1n) is 8.24. The number of imide groups is 1. The summed E-state index contributed by atoms with van der Waals surface area (Å²) in [7, 11) is 0. The van der Waals surface area contributed by atoms with Gasteiger partial charge in [0.1, 0.15) is 0 Å². The van der Waals surface area contributed by atoms with Crippen LogP contribution >= 0.6 is 0 Å². The van der Waals surface area contributed by atoms with Gasteiger partial charge in [0.05, 0.1) is 37.3 Å². The molecule has 0 unspecified atom stereocenters. The fourth-order valence-corrected chi connectivity index (χ4v) is 3.43. The zero-order valence-electron chi connectivity index (χ0n) is 13.4. The van der Waals surface area contributed by atoms with Crippen LogP contribution in [0.3, 0.4) is 0 Å². The second kappa shape index (κ2) is 6.05. The fraction of sp³-hybridized carbons (Fsp3) is 0.278. The topological polar surface area (TPSA) is 59.2 Å². The Morgan fingerprint density at radius 3 is 2.08 bits per heavy atom. The summed E-state index contributed by atoms with van der Waals surface area (Å²) in [5.74, 6) is -0.326. The Morgan fingerprint density at radius 2 is 1.50 bits per heavy atom. The third kappa shape index (κ3) is 2.55. The first-order chi connectivity index (χ1) is 11.7. The van der Waals surface area contributed by atoms with Gasteiger partial charge in [-0.1, -0.05) is 12.1 Å². The average molecular weight is 324 g/mol. The van der Waals surface area contributed by atoms with Gasteiger partial charge in [-0.2, -0.15) is 0 Å². The van der Waals surface area contributed by atoms with E-state index in [9.17, 15) is 9.59 Å². The number of hydrogen-bond donors (Lipinski definition) is 1. The summed E-state index contributed by atoms with van der Waals surface area (Å²) in [5, 5.41) is 0. The number of rotatable bonds is 3. The van der Waals surface area contributed by atoms with Crippen molar-refractivity contribution in [1.29, 1.82) is 0 Å². The third-order valence-corrected chi connectivity index (χ3v) is 4.80. The molecule has 0 saturated carbocycles. The smallest absolute Gasteiger partial charge is 0.265 e. The molecule has 1 aromatic carbocycles. The lowest BCUT2D eigenvalue weighted by Gasteiger charge is -2.34. The van der Waals surface area contributed by atoms with Gasteiger partial charge in [-0.15, -0.1) is 0 Å². The molecule has 0 aliphatic carbocycles. The van der Waals surface area contributed by atoms with Crippen LogP contribution in [0.5, 0.6) is 0 Å². The number of carbonyl (C=O) groups excluding carboxylic acids is 2. The number of nitrogens with zero attached hydrogens (tertiary/aromatic N) is 2. The van der Waals surface area contributed by atoms with E-state index in [4.69, 9.17) is 0 Å². The Bertz CT molecular complexity index is 735. The SMILES string of the molecule is O=C1c2ccccc2C(=O)N1C[NH+]1CCN(c2cc[nH+]cc2)CC1. The normalized spacial score (nSPS) is 18.2. The predicted octanol–water partition coefficient (Wildman–Crippen LogP) is -0.541. The second-order valence-electron chi connectivity index (χ2n) is 6.24. The van der Waals surface area contributed by atoms with Gasteiger partial charge in [0.25, 0.3) is 11.8 Å². The van der Waals surface area contributed by atoms with E-state index in [0.717, 1.165) is 26.2 Å². The Hall–Kier alpha value is -2.73. The number of benzene rings is 1. The number of nitrogens with one attached hydrogen (secondary N) is 2. The van der Waals surface area contributed by atoms with E-state index in [1.54, 1.807) is 24.3 Å². The number of carbonyl (C=O) groups is 2. The van der Waals surface area contributed by atoms with Gasteiger partial charge < -0.3 is 9.80 Å². The van der Waals surface area contributed by atoms with Gasteiger partial charge in [0.2, 0.25) is 0 Å². The monoisotopic (exact) mass is 324 g/mol. The zero-order chi connectivity index (χ0) is 16.5. The molecule has 4 rings (SSSR count). The van der Waals surface area contributed by atoms with Gasteiger partial charge in [0, 0.05) is 17.8 Å². The molecule has 1 aromatic heterocycles. The first-order valence-corrected chi connectivity index (χ1v) is 8.24. The van der Waals surface area contributed by atoms with Crippen molar-refractivity contribution in [2.75, 3.05) is 37.7 Å². The predicted molar refractivity (Wildman–Crippen MR) is 87.7 cm³/mol. The van der Waals surface area contributed by atoms with E-state index in [1.807, 2.05) is 12.4 Å². The molecule has 1 fully saturated rings. The molecule has 0 spiro atoms. The summed E-state index contributed by atoms with van der Waals surface area (Å²) in [6.07, 6.45) is 3.85. The zero-order valence-corrected chi connectivity index (χ0v) is 13.4. The number of aromatic nitrogens is 1. The van der Waals surface area contributed by atoms with E-state index in [-0.39, 0.29) is 11.8 Å². The molecule has 2 aliphatic heterocycles. The summed E-state index contributed by atoms with van der Waals surface area (Å²) in [5.41, 5.74) is 2.26. The minimum atomic E-state index is -0.163. The molecule has 2 aromatic rings. The molecular formula is C18H20N4O2+2. The van der Waals surface area contributed by atoms with Crippen LogP contribution in [0.15, 0.2) is 48.8 Å². The van der Waals surface area contributed by atoms with Crippen LogP contribution < -0.4 is 14.8 Å². The number of hydrogen-bond acceptors (Lipinski definition) is 3. The molecule has 1 saturated heterocycles. The van der Waals surface area contributed by atoms with Gasteiger partial charge in [-0.25, -0.2) is 9.88 Å². The molecule has 2 N–H and O–H groups in total. The van der Waals surface area contributed by atoms with E-state index in [1.165, 1.54) is 15.5 Å². The van der Waals surface area contributed by atoms with Crippen molar-refractivity contribution in [3.63, 3.8) is 0 Å². The summed E-state index contributed by atoms with van der Waals surface area (Å²) < 4.78 is 0. The molecule has 0 atom stereocenters. The van der Waals surface area contributed by atoms with E-state index >= 15 is 0 Å². The largest absolute Gasteiger partial charge is 0.360 e. The van der Waals surface area contributed by atoms with E-state index in [2.05, 4.69) is 22.0 Å². The maximum absolute atomic E-state index is 12.4. The van der Waals surface area contributed by atoms with Crippen molar-refractivity contribution in [1.82, 2.24) is 4.90 Å². The van der Waals surface area contributed by atoms with E-state index < -0.39 is 0 Å². The lowest BCUT2D eigenvalue weighted by molar-refractivity contribution is -0.907. The highest BCUT2D eigenvalue weighted by Crippen LogP contribution is 2.21. The molecule has 3 heterocycles. The van der Waals surface area contributed by atoms with Crippen LogP contribution in [0.4, 0.5) is 5.69 Å². The quantitative estimate of drug-likeness (QED) is 0.772. The Balaban J connectivity index is 1.40. The number of amides is 2. The maximum atomic E-state index is 12.4. The Morgan fingerprint density at radius 1 is 0.917 bits per heavy atom. The molecular weight excluding hydrogens is 304 g/mol. The van der Waals surface area contributed by atoms with Crippen LogP contribution in [0.25, 0.3) is 0 Å². The van der Waals surface area contributed by atoms with Crippen LogP contribution in [0.2, 0.25) is 0 Å². The number of fused-ring (bicyclic) bond motifs is 1. The minimum Gasteiger partial charge on any atom is -0.360 e. The van der Waals surface area contributed by atoms with Crippen molar-refractivity contribution >= 4 is 17.5 Å². The van der Waals surface area contributed by atoms with E-state index in [0.29, 0.717) is 17.8 Å². The van der Waals surface area contributed by atoms with Crippen LogP contribution in [-0.4, -0.2) is 49.6 Å². The highest BCUT2D eigenvalue weighted by Gasteiger charge is 2.38. The molecule has 0 radical (unpaired) electrons. The van der Waals surface area contributed by atoms with Crippen molar-refractivity contribution in [3.05, 3.63) is 59.9 Å². The lowest BCUT2D eigenvalue weighted by Crippen LogP contribution is -3.16. The molecule has 6 heteroatoms. The fourth-order valence-electron chi connectivity index (χ4n) is 3.43. The number of quaternary nitrogens is 1. The van der Waals surface area contributed by atoms with Gasteiger partial charge in [-0.3, -0.25) is 9.59 Å². The average Bonchev–Trinajstić information content (AvgIpc) is 2.88. The number of piperazine rings is 1. The molecule has 2 amide bonds. The van der Waals surface area contributed by atoms with Crippen molar-refractivity contribution in [3.8, 4) is 0 Å². The molecule has 0 bridgehead atoms. The summed E-state index contributed by atoms with van der Waals surface area (Å²) >= 11 is 0.